The van der Waals surface area contributed by atoms with Gasteiger partial charge in [0.05, 0.1) is 10.6 Å². The molecule has 0 saturated carbocycles. The maximum Gasteiger partial charge on any atom is 0.410 e. The van der Waals surface area contributed by atoms with Crippen LogP contribution in [0.1, 0.15) is 11.1 Å². The van der Waals surface area contributed by atoms with Gasteiger partial charge in [-0.15, -0.1) is 0 Å². The average Bonchev–Trinajstić information content (AvgIpc) is 2.96. The van der Waals surface area contributed by atoms with E-state index in [4.69, 9.17) is 16.3 Å². The first-order chi connectivity index (χ1) is 12.6. The number of hydrogen-bond acceptors (Lipinski definition) is 4. The minimum atomic E-state index is -0.361. The summed E-state index contributed by atoms with van der Waals surface area (Å²) in [5.74, 6) is 0.0983. The Bertz CT molecular complexity index is 814. The topological polar surface area (TPSA) is 53.0 Å². The number of ether oxygens (including phenoxy) is 1. The number of carbonyl (C=O) groups excluding carboxylic acids is 1. The molecule has 4 rings (SSSR count). The third-order valence-corrected chi connectivity index (χ3v) is 5.68. The monoisotopic (exact) mass is 372 g/mol. The molecule has 26 heavy (non-hydrogen) atoms. The fourth-order valence-electron chi connectivity index (χ4n) is 3.98. The van der Waals surface area contributed by atoms with Crippen molar-refractivity contribution in [2.75, 3.05) is 26.2 Å². The molecule has 2 aliphatic heterocycles. The number of benzene rings is 2. The van der Waals surface area contributed by atoms with E-state index in [2.05, 4.69) is 17.0 Å². The number of piperazine rings is 1. The van der Waals surface area contributed by atoms with Crippen LogP contribution in [-0.2, 0) is 17.7 Å². The lowest BCUT2D eigenvalue weighted by Gasteiger charge is -2.45. The minimum absolute atomic E-state index is 0.0983. The van der Waals surface area contributed by atoms with Crippen molar-refractivity contribution < 1.29 is 14.6 Å². The van der Waals surface area contributed by atoms with Gasteiger partial charge < -0.3 is 9.84 Å². The lowest BCUT2D eigenvalue weighted by Crippen LogP contribution is -2.62. The molecule has 5 nitrogen and oxygen atoms in total. The van der Waals surface area contributed by atoms with Gasteiger partial charge in [-0.1, -0.05) is 54.1 Å². The lowest BCUT2D eigenvalue weighted by molar-refractivity contribution is 0.0476. The molecule has 2 aromatic rings. The Kier molecular flexibility index (Phi) is 4.51. The molecular formula is C20H21ClN2O3. The summed E-state index contributed by atoms with van der Waals surface area (Å²) < 4.78 is 5.41. The number of rotatable bonds is 4. The molecule has 0 spiro atoms. The van der Waals surface area contributed by atoms with Gasteiger partial charge in [0.1, 0.15) is 12.4 Å². The molecule has 1 N–H and O–H groups in total. The number of fused-ring (bicyclic) bond motifs is 1. The van der Waals surface area contributed by atoms with E-state index >= 15 is 0 Å². The van der Waals surface area contributed by atoms with Crippen LogP contribution in [0.15, 0.2) is 48.5 Å². The molecule has 0 radical (unpaired) electrons. The van der Waals surface area contributed by atoms with Crippen molar-refractivity contribution in [2.24, 2.45) is 0 Å². The Hall–Kier alpha value is -2.24. The van der Waals surface area contributed by atoms with Crippen LogP contribution in [0.3, 0.4) is 0 Å². The fraction of sp³-hybridized carbons (Fsp3) is 0.350. The van der Waals surface area contributed by atoms with Gasteiger partial charge in [0.25, 0.3) is 0 Å². The first kappa shape index (κ1) is 17.2. The molecule has 0 aromatic heterocycles. The van der Waals surface area contributed by atoms with E-state index in [0.717, 1.165) is 18.5 Å². The van der Waals surface area contributed by atoms with E-state index in [-0.39, 0.29) is 17.4 Å². The van der Waals surface area contributed by atoms with Crippen molar-refractivity contribution >= 4 is 17.7 Å². The van der Waals surface area contributed by atoms with E-state index in [1.165, 1.54) is 5.56 Å². The summed E-state index contributed by atoms with van der Waals surface area (Å²) in [5.41, 5.74) is 1.72. The number of phenolic OH excluding ortho intramolecular Hbond substituents is 1. The maximum atomic E-state index is 12.2. The van der Waals surface area contributed by atoms with Crippen LogP contribution >= 0.6 is 11.6 Å². The Morgan fingerprint density at radius 2 is 1.92 bits per heavy atom. The predicted octanol–water partition coefficient (Wildman–Crippen LogP) is 3.29. The molecule has 1 atom stereocenters. The number of halogens is 1. The third kappa shape index (κ3) is 3.13. The molecule has 2 aliphatic rings. The highest BCUT2D eigenvalue weighted by Gasteiger charge is 2.50. The van der Waals surface area contributed by atoms with Gasteiger partial charge in [0, 0.05) is 32.6 Å². The Labute approximate surface area is 157 Å². The highest BCUT2D eigenvalue weighted by molar-refractivity contribution is 6.32. The molecule has 2 heterocycles. The molecular weight excluding hydrogens is 352 g/mol. The first-order valence-electron chi connectivity index (χ1n) is 8.74. The second-order valence-corrected chi connectivity index (χ2v) is 7.43. The van der Waals surface area contributed by atoms with Gasteiger partial charge in [-0.2, -0.15) is 0 Å². The van der Waals surface area contributed by atoms with Crippen molar-refractivity contribution in [3.05, 3.63) is 64.7 Å². The Balaban J connectivity index is 1.57. The largest absolute Gasteiger partial charge is 0.506 e. The number of cyclic esters (lactones) is 1. The summed E-state index contributed by atoms with van der Waals surface area (Å²) in [6.07, 6.45) is 0.528. The quantitative estimate of drug-likeness (QED) is 0.894. The summed E-state index contributed by atoms with van der Waals surface area (Å²) in [4.78, 5) is 16.4. The number of amides is 1. The maximum absolute atomic E-state index is 12.2. The van der Waals surface area contributed by atoms with Crippen LogP contribution in [0.4, 0.5) is 4.79 Å². The third-order valence-electron chi connectivity index (χ3n) is 5.24. The van der Waals surface area contributed by atoms with E-state index in [9.17, 15) is 9.90 Å². The molecule has 136 valence electrons. The highest BCUT2D eigenvalue weighted by atomic mass is 35.5. The first-order valence-corrected chi connectivity index (χ1v) is 9.12. The summed E-state index contributed by atoms with van der Waals surface area (Å²) in [7, 11) is 0. The van der Waals surface area contributed by atoms with Crippen molar-refractivity contribution in [3.8, 4) is 5.75 Å². The molecule has 2 saturated heterocycles. The fourth-order valence-corrected chi connectivity index (χ4v) is 4.17. The standard InChI is InChI=1S/C20H21ClN2O3/c21-18-16(7-4-8-17(18)24)12-22-9-10-23-19(25)26-14-20(23,13-22)11-15-5-2-1-3-6-15/h1-8,24H,9-14H2. The number of nitrogens with zero attached hydrogens (tertiary/aromatic N) is 2. The molecule has 0 aliphatic carbocycles. The Morgan fingerprint density at radius 1 is 1.12 bits per heavy atom. The van der Waals surface area contributed by atoms with Crippen LogP contribution in [0.5, 0.6) is 5.75 Å². The number of hydrogen-bond donors (Lipinski definition) is 1. The molecule has 1 amide bonds. The average molecular weight is 373 g/mol. The van der Waals surface area contributed by atoms with E-state index in [0.29, 0.717) is 31.3 Å². The molecule has 2 aromatic carbocycles. The van der Waals surface area contributed by atoms with Crippen LogP contribution in [-0.4, -0.2) is 52.8 Å². The van der Waals surface area contributed by atoms with E-state index in [1.54, 1.807) is 12.1 Å². The van der Waals surface area contributed by atoms with Crippen LogP contribution < -0.4 is 0 Å². The zero-order valence-electron chi connectivity index (χ0n) is 14.4. The number of aromatic hydroxyl groups is 1. The second kappa shape index (κ2) is 6.82. The molecule has 0 bridgehead atoms. The SMILES string of the molecule is O=C1OCC2(Cc3ccccc3)CN(Cc3cccc(O)c3Cl)CCN12. The van der Waals surface area contributed by atoms with Gasteiger partial charge >= 0.3 is 6.09 Å². The van der Waals surface area contributed by atoms with Crippen molar-refractivity contribution in [2.45, 2.75) is 18.5 Å². The smallest absolute Gasteiger partial charge is 0.410 e. The van der Waals surface area contributed by atoms with Gasteiger partial charge in [0.2, 0.25) is 0 Å². The Morgan fingerprint density at radius 3 is 2.73 bits per heavy atom. The van der Waals surface area contributed by atoms with Crippen LogP contribution in [0, 0.1) is 0 Å². The van der Waals surface area contributed by atoms with Crippen molar-refractivity contribution in [3.63, 3.8) is 0 Å². The van der Waals surface area contributed by atoms with E-state index < -0.39 is 0 Å². The summed E-state index contributed by atoms with van der Waals surface area (Å²) in [6, 6.07) is 15.5. The highest BCUT2D eigenvalue weighted by Crippen LogP contribution is 2.34. The van der Waals surface area contributed by atoms with Crippen molar-refractivity contribution in [1.29, 1.82) is 0 Å². The zero-order chi connectivity index (χ0) is 18.1. The molecule has 1 unspecified atom stereocenters. The lowest BCUT2D eigenvalue weighted by atomic mass is 9.88. The van der Waals surface area contributed by atoms with Crippen LogP contribution in [0.25, 0.3) is 0 Å². The normalized spacial score (nSPS) is 23.0. The van der Waals surface area contributed by atoms with Gasteiger partial charge in [-0.25, -0.2) is 4.79 Å². The van der Waals surface area contributed by atoms with E-state index in [1.807, 2.05) is 29.2 Å². The predicted molar refractivity (Wildman–Crippen MR) is 99.3 cm³/mol. The zero-order valence-corrected chi connectivity index (χ0v) is 15.2. The number of carbonyl (C=O) groups is 1. The summed E-state index contributed by atoms with van der Waals surface area (Å²) in [5, 5.41) is 10.2. The summed E-state index contributed by atoms with van der Waals surface area (Å²) in [6.45, 7) is 3.11. The second-order valence-electron chi connectivity index (χ2n) is 7.05. The van der Waals surface area contributed by atoms with Crippen LogP contribution in [0.2, 0.25) is 5.02 Å². The minimum Gasteiger partial charge on any atom is -0.506 e. The van der Waals surface area contributed by atoms with Gasteiger partial charge in [-0.05, 0) is 17.2 Å². The molecule has 6 heteroatoms. The van der Waals surface area contributed by atoms with Gasteiger partial charge in [0.15, 0.2) is 0 Å². The summed E-state index contributed by atoms with van der Waals surface area (Å²) >= 11 is 6.25. The molecule has 2 fully saturated rings. The van der Waals surface area contributed by atoms with Crippen molar-refractivity contribution in [1.82, 2.24) is 9.80 Å². The number of phenols is 1. The van der Waals surface area contributed by atoms with Gasteiger partial charge in [-0.3, -0.25) is 9.80 Å².